The molecule has 2 N–H and O–H groups in total. The fourth-order valence-electron chi connectivity index (χ4n) is 7.19. The third-order valence-corrected chi connectivity index (χ3v) is 9.27. The van der Waals surface area contributed by atoms with E-state index in [1.54, 1.807) is 26.0 Å². The zero-order chi connectivity index (χ0) is 29.2. The maximum Gasteiger partial charge on any atom is 0.327 e. The van der Waals surface area contributed by atoms with Crippen molar-refractivity contribution in [2.75, 3.05) is 27.4 Å². The molecule has 3 aromatic carbocycles. The maximum absolute atomic E-state index is 12.9. The Morgan fingerprint density at radius 1 is 0.929 bits per heavy atom. The van der Waals surface area contributed by atoms with Crippen molar-refractivity contribution in [3.63, 3.8) is 0 Å². The molecule has 0 aliphatic carbocycles. The molecule has 0 saturated carbocycles. The van der Waals surface area contributed by atoms with Crippen LogP contribution in [0.2, 0.25) is 0 Å². The van der Waals surface area contributed by atoms with E-state index in [0.717, 1.165) is 16.7 Å². The van der Waals surface area contributed by atoms with Crippen molar-refractivity contribution in [2.24, 2.45) is 5.92 Å². The third-order valence-electron chi connectivity index (χ3n) is 9.27. The van der Waals surface area contributed by atoms with Crippen LogP contribution in [0.25, 0.3) is 0 Å². The van der Waals surface area contributed by atoms with E-state index in [0.29, 0.717) is 18.0 Å². The standard InChI is InChI=1S/C32H33N3O7/c1-19-27(37)33-30(38)35-28(19)34-17-31(26(36)25(34)29(35)42-31)18-41-32(20-7-5-4-6-8-20,21-9-13-23(39-2)14-10-21)22-11-15-24(40-3)16-12-22/h4-16,19,25-26,28-29,36H,17-18H2,1-3H3,(H,33,37,38)/t19-,25-,26+,28-,29+,31-/m0/s1. The van der Waals surface area contributed by atoms with Gasteiger partial charge in [-0.05, 0) is 41.0 Å². The van der Waals surface area contributed by atoms with E-state index in [1.165, 1.54) is 0 Å². The molecule has 7 rings (SSSR count). The molecule has 6 atom stereocenters. The van der Waals surface area contributed by atoms with Crippen molar-refractivity contribution in [1.29, 1.82) is 0 Å². The van der Waals surface area contributed by atoms with Crippen LogP contribution in [-0.4, -0.2) is 84.4 Å². The van der Waals surface area contributed by atoms with Gasteiger partial charge in [0, 0.05) is 6.54 Å². The quantitative estimate of drug-likeness (QED) is 0.398. The van der Waals surface area contributed by atoms with E-state index in [9.17, 15) is 14.7 Å². The average molecular weight is 572 g/mol. The van der Waals surface area contributed by atoms with Crippen LogP contribution in [0.1, 0.15) is 23.6 Å². The second-order valence-corrected chi connectivity index (χ2v) is 11.4. The number of morpholine rings is 1. The highest BCUT2D eigenvalue weighted by molar-refractivity contribution is 5.98. The Morgan fingerprint density at radius 3 is 2.07 bits per heavy atom. The number of benzene rings is 3. The zero-order valence-corrected chi connectivity index (χ0v) is 23.6. The van der Waals surface area contributed by atoms with E-state index in [2.05, 4.69) is 5.32 Å². The van der Waals surface area contributed by atoms with E-state index in [1.807, 2.05) is 83.8 Å². The Hall–Kier alpha value is -3.96. The van der Waals surface area contributed by atoms with Crippen molar-refractivity contribution >= 4 is 11.9 Å². The number of urea groups is 1. The Kier molecular flexibility index (Phi) is 6.28. The first-order chi connectivity index (χ1) is 20.3. The maximum atomic E-state index is 12.9. The summed E-state index contributed by atoms with van der Waals surface area (Å²) in [5.74, 6) is 0.631. The van der Waals surface area contributed by atoms with Gasteiger partial charge in [-0.25, -0.2) is 4.79 Å². The minimum absolute atomic E-state index is 0.0229. The number of aliphatic hydroxyl groups is 1. The molecule has 42 heavy (non-hydrogen) atoms. The first-order valence-electron chi connectivity index (χ1n) is 14.1. The smallest absolute Gasteiger partial charge is 0.327 e. The van der Waals surface area contributed by atoms with Crippen LogP contribution in [0.3, 0.4) is 0 Å². The van der Waals surface area contributed by atoms with Gasteiger partial charge < -0.3 is 24.1 Å². The summed E-state index contributed by atoms with van der Waals surface area (Å²) >= 11 is 0. The molecule has 10 heteroatoms. The van der Waals surface area contributed by atoms with Gasteiger partial charge in [-0.1, -0.05) is 61.5 Å². The van der Waals surface area contributed by atoms with Crippen molar-refractivity contribution < 1.29 is 33.6 Å². The SMILES string of the molecule is COc1ccc(C(OC[C@]23CN4[C@H]([C@@H](O2)N2C(=O)NC(=O)[C@H](C)[C@@H]42)[C@H]3O)(c2ccccc2)c2ccc(OC)cc2)cc1. The highest BCUT2D eigenvalue weighted by atomic mass is 16.6. The number of hydrogen-bond donors (Lipinski definition) is 2. The van der Waals surface area contributed by atoms with Crippen molar-refractivity contribution in [1.82, 2.24) is 15.1 Å². The molecule has 0 aromatic heterocycles. The predicted molar refractivity (Wildman–Crippen MR) is 151 cm³/mol. The van der Waals surface area contributed by atoms with Gasteiger partial charge in [0.2, 0.25) is 5.91 Å². The topological polar surface area (TPSA) is 110 Å². The Labute approximate surface area is 243 Å². The van der Waals surface area contributed by atoms with E-state index in [4.69, 9.17) is 18.9 Å². The summed E-state index contributed by atoms with van der Waals surface area (Å²) in [6.07, 6.45) is -2.10. The van der Waals surface area contributed by atoms with Crippen LogP contribution in [0.15, 0.2) is 78.9 Å². The van der Waals surface area contributed by atoms with Crippen LogP contribution >= 0.6 is 0 Å². The molecule has 4 heterocycles. The van der Waals surface area contributed by atoms with Crippen molar-refractivity contribution in [3.05, 3.63) is 95.6 Å². The normalized spacial score (nSPS) is 29.9. The number of fused-ring (bicyclic) bond motifs is 4. The number of ether oxygens (including phenoxy) is 4. The Balaban J connectivity index is 1.31. The molecular formula is C32H33N3O7. The number of aliphatic hydroxyl groups excluding tert-OH is 1. The van der Waals surface area contributed by atoms with Crippen molar-refractivity contribution in [3.8, 4) is 11.5 Å². The molecule has 0 unspecified atom stereocenters. The Morgan fingerprint density at radius 2 is 1.50 bits per heavy atom. The summed E-state index contributed by atoms with van der Waals surface area (Å²) in [5.41, 5.74) is 0.391. The molecule has 0 spiro atoms. The minimum Gasteiger partial charge on any atom is -0.497 e. The first kappa shape index (κ1) is 26.9. The molecule has 3 aromatic rings. The second kappa shape index (κ2) is 9.81. The molecule has 4 saturated heterocycles. The number of methoxy groups -OCH3 is 2. The van der Waals surface area contributed by atoms with Gasteiger partial charge in [0.05, 0.1) is 32.8 Å². The fraction of sp³-hybridized carbons (Fsp3) is 0.375. The minimum atomic E-state index is -1.12. The fourth-order valence-corrected chi connectivity index (χ4v) is 7.19. The van der Waals surface area contributed by atoms with Gasteiger partial charge in [-0.3, -0.25) is 19.9 Å². The number of imide groups is 1. The van der Waals surface area contributed by atoms with Gasteiger partial charge in [0.15, 0.2) is 6.23 Å². The molecule has 4 aliphatic rings. The number of nitrogens with zero attached hydrogens (tertiary/aromatic N) is 2. The molecule has 3 amide bonds. The largest absolute Gasteiger partial charge is 0.497 e. The highest BCUT2D eigenvalue weighted by Crippen LogP contribution is 2.53. The number of nitrogens with one attached hydrogen (secondary N) is 1. The Bertz CT molecular complexity index is 1450. The molecule has 10 nitrogen and oxygen atoms in total. The number of hydrogen-bond acceptors (Lipinski definition) is 8. The summed E-state index contributed by atoms with van der Waals surface area (Å²) in [4.78, 5) is 29.0. The van der Waals surface area contributed by atoms with E-state index < -0.39 is 47.7 Å². The summed E-state index contributed by atoms with van der Waals surface area (Å²) in [6, 6.07) is 24.4. The number of amides is 3. The third kappa shape index (κ3) is 3.72. The molecule has 4 fully saturated rings. The summed E-state index contributed by atoms with van der Waals surface area (Å²) in [7, 11) is 3.25. The lowest BCUT2D eigenvalue weighted by Gasteiger charge is -2.40. The van der Waals surface area contributed by atoms with Gasteiger partial charge in [-0.15, -0.1) is 0 Å². The van der Waals surface area contributed by atoms with Gasteiger partial charge in [0.1, 0.15) is 35.0 Å². The summed E-state index contributed by atoms with van der Waals surface area (Å²) < 4.78 is 24.5. The van der Waals surface area contributed by atoms with Crippen molar-refractivity contribution in [2.45, 2.75) is 42.7 Å². The lowest BCUT2D eigenvalue weighted by atomic mass is 9.79. The summed E-state index contributed by atoms with van der Waals surface area (Å²) in [5, 5.41) is 14.1. The van der Waals surface area contributed by atoms with Crippen LogP contribution in [0.4, 0.5) is 4.79 Å². The first-order valence-corrected chi connectivity index (χ1v) is 14.1. The summed E-state index contributed by atoms with van der Waals surface area (Å²) in [6.45, 7) is 2.13. The number of carbonyl (C=O) groups excluding carboxylic acids is 2. The predicted octanol–water partition coefficient (Wildman–Crippen LogP) is 2.68. The zero-order valence-electron chi connectivity index (χ0n) is 23.6. The molecule has 4 aliphatic heterocycles. The van der Waals surface area contributed by atoms with E-state index >= 15 is 0 Å². The lowest BCUT2D eigenvalue weighted by molar-refractivity contribution is -0.161. The van der Waals surface area contributed by atoms with Gasteiger partial charge >= 0.3 is 6.03 Å². The highest BCUT2D eigenvalue weighted by Gasteiger charge is 2.73. The molecule has 0 radical (unpaired) electrons. The molecule has 218 valence electrons. The van der Waals surface area contributed by atoms with Gasteiger partial charge in [0.25, 0.3) is 0 Å². The molecule has 2 bridgehead atoms. The second-order valence-electron chi connectivity index (χ2n) is 11.4. The number of carbonyl (C=O) groups is 2. The number of rotatable bonds is 8. The molecular weight excluding hydrogens is 538 g/mol. The monoisotopic (exact) mass is 571 g/mol. The van der Waals surface area contributed by atoms with Crippen LogP contribution in [0, 0.1) is 5.92 Å². The van der Waals surface area contributed by atoms with Crippen LogP contribution in [0.5, 0.6) is 11.5 Å². The van der Waals surface area contributed by atoms with E-state index in [-0.39, 0.29) is 12.5 Å². The van der Waals surface area contributed by atoms with Gasteiger partial charge in [-0.2, -0.15) is 0 Å². The lowest BCUT2D eigenvalue weighted by Crippen LogP contribution is -2.61. The van der Waals surface area contributed by atoms with Crippen LogP contribution in [-0.2, 0) is 19.9 Å². The average Bonchev–Trinajstić information content (AvgIpc) is 3.54. The van der Waals surface area contributed by atoms with Crippen LogP contribution < -0.4 is 14.8 Å².